The Hall–Kier alpha value is -1.47. The summed E-state index contributed by atoms with van der Waals surface area (Å²) in [4.78, 5) is 0. The Morgan fingerprint density at radius 2 is 2.06 bits per heavy atom. The van der Waals surface area contributed by atoms with E-state index in [0.717, 1.165) is 6.26 Å². The van der Waals surface area contributed by atoms with Crippen molar-refractivity contribution in [1.29, 1.82) is 0 Å². The average molecular weight is 245 g/mol. The molecule has 7 heteroatoms. The van der Waals surface area contributed by atoms with Crippen LogP contribution in [0, 0.1) is 0 Å². The largest absolute Gasteiger partial charge is 0.490 e. The predicted molar refractivity (Wildman–Crippen MR) is 63.6 cm³/mol. The maximum atomic E-state index is 10.7. The molecule has 0 radical (unpaired) electrons. The molecule has 6 nitrogen and oxygen atoms in total. The van der Waals surface area contributed by atoms with Crippen LogP contribution in [0.1, 0.15) is 0 Å². The zero-order valence-electron chi connectivity index (χ0n) is 8.93. The number of hydrogen-bond donors (Lipinski definition) is 3. The topological polar surface area (TPSA) is 107 Å². The minimum absolute atomic E-state index is 0.197. The van der Waals surface area contributed by atoms with Gasteiger partial charge < -0.3 is 16.2 Å². The lowest BCUT2D eigenvalue weighted by Crippen LogP contribution is -2.27. The highest BCUT2D eigenvalue weighted by Crippen LogP contribution is 2.23. The minimum atomic E-state index is -3.18. The fourth-order valence-corrected chi connectivity index (χ4v) is 1.54. The summed E-state index contributed by atoms with van der Waals surface area (Å²) in [6.45, 7) is 0.407. The van der Waals surface area contributed by atoms with Crippen LogP contribution in [-0.2, 0) is 10.0 Å². The molecule has 5 N–H and O–H groups in total. The van der Waals surface area contributed by atoms with Crippen molar-refractivity contribution >= 4 is 21.4 Å². The first-order chi connectivity index (χ1) is 7.38. The molecule has 0 saturated heterocycles. The molecule has 1 aromatic carbocycles. The number of benzene rings is 1. The molecular weight excluding hydrogens is 230 g/mol. The molecule has 0 spiro atoms. The van der Waals surface area contributed by atoms with Gasteiger partial charge in [0.25, 0.3) is 0 Å². The van der Waals surface area contributed by atoms with Gasteiger partial charge in [-0.3, -0.25) is 0 Å². The standard InChI is InChI=1S/C9H15N3O3S/c1-16(13,14)12-4-5-15-9-3-2-7(10)6-8(9)11/h2-3,6,12H,4-5,10-11H2,1H3. The first-order valence-corrected chi connectivity index (χ1v) is 6.50. The van der Waals surface area contributed by atoms with Crippen LogP contribution in [-0.4, -0.2) is 27.8 Å². The summed E-state index contributed by atoms with van der Waals surface area (Å²) < 4.78 is 29.1. The van der Waals surface area contributed by atoms with Crippen LogP contribution in [0.5, 0.6) is 5.75 Å². The fourth-order valence-electron chi connectivity index (χ4n) is 1.09. The third-order valence-corrected chi connectivity index (χ3v) is 2.49. The lowest BCUT2D eigenvalue weighted by atomic mass is 10.2. The van der Waals surface area contributed by atoms with Gasteiger partial charge in [0, 0.05) is 12.2 Å². The Morgan fingerprint density at radius 1 is 1.38 bits per heavy atom. The molecule has 0 unspecified atom stereocenters. The van der Waals surface area contributed by atoms with Crippen molar-refractivity contribution in [2.75, 3.05) is 30.9 Å². The minimum Gasteiger partial charge on any atom is -0.490 e. The summed E-state index contributed by atoms with van der Waals surface area (Å²) in [7, 11) is -3.18. The van der Waals surface area contributed by atoms with E-state index >= 15 is 0 Å². The number of rotatable bonds is 5. The molecule has 16 heavy (non-hydrogen) atoms. The van der Waals surface area contributed by atoms with E-state index in [2.05, 4.69) is 4.72 Å². The van der Waals surface area contributed by atoms with Gasteiger partial charge in [-0.1, -0.05) is 0 Å². The summed E-state index contributed by atoms with van der Waals surface area (Å²) in [5.74, 6) is 0.490. The fraction of sp³-hybridized carbons (Fsp3) is 0.333. The molecule has 0 aliphatic heterocycles. The van der Waals surface area contributed by atoms with Gasteiger partial charge in [0.1, 0.15) is 12.4 Å². The first kappa shape index (κ1) is 12.6. The molecule has 1 rings (SSSR count). The van der Waals surface area contributed by atoms with E-state index in [0.29, 0.717) is 17.1 Å². The van der Waals surface area contributed by atoms with Crippen molar-refractivity contribution in [2.45, 2.75) is 0 Å². The average Bonchev–Trinajstić information content (AvgIpc) is 2.13. The maximum absolute atomic E-state index is 10.7. The zero-order chi connectivity index (χ0) is 12.2. The lowest BCUT2D eigenvalue weighted by Gasteiger charge is -2.09. The molecule has 0 bridgehead atoms. The van der Waals surface area contributed by atoms with Gasteiger partial charge >= 0.3 is 0 Å². The van der Waals surface area contributed by atoms with Gasteiger partial charge in [0.05, 0.1) is 11.9 Å². The van der Waals surface area contributed by atoms with E-state index in [1.807, 2.05) is 0 Å². The molecule has 0 saturated carbocycles. The third kappa shape index (κ3) is 4.37. The second kappa shape index (κ2) is 5.04. The first-order valence-electron chi connectivity index (χ1n) is 4.61. The highest BCUT2D eigenvalue weighted by atomic mass is 32.2. The lowest BCUT2D eigenvalue weighted by molar-refractivity contribution is 0.324. The summed E-state index contributed by atoms with van der Waals surface area (Å²) in [6, 6.07) is 4.89. The van der Waals surface area contributed by atoms with E-state index in [1.165, 1.54) is 0 Å². The van der Waals surface area contributed by atoms with E-state index in [1.54, 1.807) is 18.2 Å². The molecule has 0 aromatic heterocycles. The van der Waals surface area contributed by atoms with Crippen LogP contribution in [0.2, 0.25) is 0 Å². The quantitative estimate of drug-likeness (QED) is 0.491. The van der Waals surface area contributed by atoms with Crippen molar-refractivity contribution in [3.63, 3.8) is 0 Å². The van der Waals surface area contributed by atoms with Gasteiger partial charge in [0.2, 0.25) is 10.0 Å². The van der Waals surface area contributed by atoms with Gasteiger partial charge in [-0.25, -0.2) is 13.1 Å². The Labute approximate surface area is 94.6 Å². The number of sulfonamides is 1. The van der Waals surface area contributed by atoms with Gasteiger partial charge in [-0.2, -0.15) is 0 Å². The van der Waals surface area contributed by atoms with E-state index < -0.39 is 10.0 Å². The number of nitrogen functional groups attached to an aromatic ring is 2. The third-order valence-electron chi connectivity index (χ3n) is 1.76. The second-order valence-corrected chi connectivity index (χ2v) is 5.15. The molecule has 0 aliphatic rings. The Balaban J connectivity index is 2.43. The van der Waals surface area contributed by atoms with Gasteiger partial charge in [0.15, 0.2) is 0 Å². The molecule has 0 atom stereocenters. The summed E-state index contributed by atoms with van der Waals surface area (Å²) in [5, 5.41) is 0. The van der Waals surface area contributed by atoms with E-state index in [-0.39, 0.29) is 13.2 Å². The summed E-state index contributed by atoms with van der Waals surface area (Å²) in [5.41, 5.74) is 12.1. The number of nitrogens with two attached hydrogens (primary N) is 2. The van der Waals surface area contributed by atoms with Crippen LogP contribution in [0.15, 0.2) is 18.2 Å². The molecular formula is C9H15N3O3S. The molecule has 90 valence electrons. The number of ether oxygens (including phenoxy) is 1. The molecule has 1 aromatic rings. The number of nitrogens with one attached hydrogen (secondary N) is 1. The maximum Gasteiger partial charge on any atom is 0.208 e. The van der Waals surface area contributed by atoms with E-state index in [9.17, 15) is 8.42 Å². The van der Waals surface area contributed by atoms with Crippen LogP contribution in [0.3, 0.4) is 0 Å². The molecule has 0 heterocycles. The van der Waals surface area contributed by atoms with E-state index in [4.69, 9.17) is 16.2 Å². The van der Waals surface area contributed by atoms with Crippen molar-refractivity contribution in [1.82, 2.24) is 4.72 Å². The van der Waals surface area contributed by atoms with Crippen LogP contribution >= 0.6 is 0 Å². The number of hydrogen-bond acceptors (Lipinski definition) is 5. The highest BCUT2D eigenvalue weighted by molar-refractivity contribution is 7.88. The smallest absolute Gasteiger partial charge is 0.208 e. The predicted octanol–water partition coefficient (Wildman–Crippen LogP) is -0.221. The Morgan fingerprint density at radius 3 is 2.62 bits per heavy atom. The van der Waals surface area contributed by atoms with Crippen molar-refractivity contribution < 1.29 is 13.2 Å². The Bertz CT molecular complexity index is 459. The summed E-state index contributed by atoms with van der Waals surface area (Å²) in [6.07, 6.45) is 1.09. The van der Waals surface area contributed by atoms with Gasteiger partial charge in [-0.15, -0.1) is 0 Å². The normalized spacial score (nSPS) is 11.3. The SMILES string of the molecule is CS(=O)(=O)NCCOc1ccc(N)cc1N. The molecule has 0 aliphatic carbocycles. The number of anilines is 2. The molecule has 0 fully saturated rings. The Kier molecular flexibility index (Phi) is 3.97. The highest BCUT2D eigenvalue weighted by Gasteiger charge is 2.02. The molecule has 0 amide bonds. The summed E-state index contributed by atoms with van der Waals surface area (Å²) >= 11 is 0. The van der Waals surface area contributed by atoms with Crippen molar-refractivity contribution in [2.24, 2.45) is 0 Å². The monoisotopic (exact) mass is 245 g/mol. The van der Waals surface area contributed by atoms with Crippen LogP contribution in [0.25, 0.3) is 0 Å². The van der Waals surface area contributed by atoms with Crippen LogP contribution in [0.4, 0.5) is 11.4 Å². The van der Waals surface area contributed by atoms with Crippen LogP contribution < -0.4 is 20.9 Å². The zero-order valence-corrected chi connectivity index (χ0v) is 9.75. The second-order valence-electron chi connectivity index (χ2n) is 3.31. The van der Waals surface area contributed by atoms with Gasteiger partial charge in [-0.05, 0) is 18.2 Å². The van der Waals surface area contributed by atoms with Crippen molar-refractivity contribution in [3.05, 3.63) is 18.2 Å². The van der Waals surface area contributed by atoms with Crippen molar-refractivity contribution in [3.8, 4) is 5.75 Å².